The van der Waals surface area contributed by atoms with Crippen LogP contribution in [0.3, 0.4) is 0 Å². The zero-order chi connectivity index (χ0) is 12.4. The highest BCUT2D eigenvalue weighted by molar-refractivity contribution is 14.1. The highest BCUT2D eigenvalue weighted by atomic mass is 127. The molecule has 90 valence electrons. The monoisotopic (exact) mass is 361 g/mol. The van der Waals surface area contributed by atoms with Crippen molar-refractivity contribution in [1.82, 2.24) is 9.78 Å². The van der Waals surface area contributed by atoms with Gasteiger partial charge >= 0.3 is 0 Å². The van der Waals surface area contributed by atoms with Crippen molar-refractivity contribution >= 4 is 34.2 Å². The predicted octanol–water partition coefficient (Wildman–Crippen LogP) is 3.21. The first kappa shape index (κ1) is 12.9. The van der Waals surface area contributed by atoms with Crippen molar-refractivity contribution in [3.05, 3.63) is 50.3 Å². The maximum Gasteiger partial charge on any atom is 0.0837 e. The van der Waals surface area contributed by atoms with Crippen molar-refractivity contribution in [2.24, 2.45) is 5.73 Å². The van der Waals surface area contributed by atoms with Gasteiger partial charge in [-0.1, -0.05) is 29.8 Å². The first-order valence-electron chi connectivity index (χ1n) is 5.36. The first-order chi connectivity index (χ1) is 8.15. The fourth-order valence-electron chi connectivity index (χ4n) is 1.81. The van der Waals surface area contributed by atoms with Crippen LogP contribution in [0.15, 0.2) is 30.5 Å². The summed E-state index contributed by atoms with van der Waals surface area (Å²) in [6.07, 6.45) is 1.65. The maximum atomic E-state index is 6.29. The van der Waals surface area contributed by atoms with Crippen LogP contribution in [0.1, 0.15) is 24.2 Å². The summed E-state index contributed by atoms with van der Waals surface area (Å²) in [4.78, 5) is 0. The smallest absolute Gasteiger partial charge is 0.0837 e. The second kappa shape index (κ2) is 5.37. The lowest BCUT2D eigenvalue weighted by Crippen LogP contribution is -2.18. The molecule has 2 N–H and O–H groups in total. The quantitative estimate of drug-likeness (QED) is 0.853. The topological polar surface area (TPSA) is 43.8 Å². The number of benzene rings is 1. The lowest BCUT2D eigenvalue weighted by atomic mass is 10.0. The van der Waals surface area contributed by atoms with Crippen molar-refractivity contribution in [2.45, 2.75) is 19.5 Å². The molecule has 17 heavy (non-hydrogen) atoms. The van der Waals surface area contributed by atoms with E-state index in [0.29, 0.717) is 5.02 Å². The summed E-state index contributed by atoms with van der Waals surface area (Å²) in [6.45, 7) is 2.79. The van der Waals surface area contributed by atoms with Gasteiger partial charge in [0.2, 0.25) is 0 Å². The number of rotatable bonds is 3. The summed E-state index contributed by atoms with van der Waals surface area (Å²) in [6, 6.07) is 7.80. The molecule has 0 bridgehead atoms. The molecule has 1 unspecified atom stereocenters. The number of hydrogen-bond donors (Lipinski definition) is 1. The number of nitrogens with zero attached hydrogens (tertiary/aromatic N) is 2. The molecule has 0 aliphatic rings. The molecule has 0 saturated heterocycles. The molecule has 0 spiro atoms. The zero-order valence-corrected chi connectivity index (χ0v) is 12.3. The molecule has 1 aromatic heterocycles. The molecule has 2 aromatic rings. The zero-order valence-electron chi connectivity index (χ0n) is 9.40. The summed E-state index contributed by atoms with van der Waals surface area (Å²) in [5, 5.41) is 4.84. The molecule has 2 rings (SSSR count). The fourth-order valence-corrected chi connectivity index (χ4v) is 2.79. The van der Waals surface area contributed by atoms with Gasteiger partial charge in [-0.15, -0.1) is 0 Å². The van der Waals surface area contributed by atoms with Gasteiger partial charge in [0.25, 0.3) is 0 Å². The average molecular weight is 362 g/mol. The van der Waals surface area contributed by atoms with Crippen LogP contribution in [-0.2, 0) is 6.54 Å². The Hall–Kier alpha value is -0.590. The Labute approximate surface area is 119 Å². The van der Waals surface area contributed by atoms with Crippen LogP contribution in [-0.4, -0.2) is 9.78 Å². The SMILES string of the molecule is CCn1ncc(Cl)c1C(N)c1ccccc1I. The van der Waals surface area contributed by atoms with Crippen molar-refractivity contribution in [3.63, 3.8) is 0 Å². The Morgan fingerprint density at radius 3 is 2.82 bits per heavy atom. The van der Waals surface area contributed by atoms with Gasteiger partial charge in [0.15, 0.2) is 0 Å². The van der Waals surface area contributed by atoms with Crippen LogP contribution in [0.2, 0.25) is 5.02 Å². The molecule has 0 saturated carbocycles. The van der Waals surface area contributed by atoms with E-state index in [9.17, 15) is 0 Å². The van der Waals surface area contributed by atoms with Gasteiger partial charge in [-0.25, -0.2) is 0 Å². The Morgan fingerprint density at radius 2 is 2.18 bits per heavy atom. The Bertz CT molecular complexity index is 524. The molecule has 1 atom stereocenters. The third-order valence-corrected chi connectivity index (χ3v) is 3.94. The van der Waals surface area contributed by atoms with E-state index < -0.39 is 0 Å². The van der Waals surface area contributed by atoms with E-state index in [-0.39, 0.29) is 6.04 Å². The molecule has 5 heteroatoms. The molecule has 0 amide bonds. The largest absolute Gasteiger partial charge is 0.319 e. The van der Waals surface area contributed by atoms with Crippen molar-refractivity contribution in [3.8, 4) is 0 Å². The van der Waals surface area contributed by atoms with E-state index >= 15 is 0 Å². The molecule has 1 heterocycles. The molecule has 0 radical (unpaired) electrons. The van der Waals surface area contributed by atoms with E-state index in [0.717, 1.165) is 21.4 Å². The average Bonchev–Trinajstić information content (AvgIpc) is 2.70. The summed E-state index contributed by atoms with van der Waals surface area (Å²) < 4.78 is 2.98. The number of halogens is 2. The Balaban J connectivity index is 2.47. The van der Waals surface area contributed by atoms with E-state index in [1.807, 2.05) is 35.9 Å². The van der Waals surface area contributed by atoms with E-state index in [1.165, 1.54) is 0 Å². The Kier molecular flexibility index (Phi) is 4.06. The van der Waals surface area contributed by atoms with Gasteiger partial charge in [-0.05, 0) is 41.1 Å². The van der Waals surface area contributed by atoms with Crippen LogP contribution in [0, 0.1) is 3.57 Å². The number of aromatic nitrogens is 2. The normalized spacial score (nSPS) is 12.7. The van der Waals surface area contributed by atoms with Crippen LogP contribution in [0.25, 0.3) is 0 Å². The number of nitrogens with two attached hydrogens (primary N) is 1. The van der Waals surface area contributed by atoms with Gasteiger partial charge < -0.3 is 5.73 Å². The fraction of sp³-hybridized carbons (Fsp3) is 0.250. The van der Waals surface area contributed by atoms with Crippen LogP contribution >= 0.6 is 34.2 Å². The molecular formula is C12H13ClIN3. The molecule has 0 fully saturated rings. The second-order valence-corrected chi connectivity index (χ2v) is 5.26. The van der Waals surface area contributed by atoms with Gasteiger partial charge in [-0.2, -0.15) is 5.10 Å². The minimum atomic E-state index is -0.238. The molecule has 1 aromatic carbocycles. The summed E-state index contributed by atoms with van der Waals surface area (Å²) in [5.74, 6) is 0. The minimum absolute atomic E-state index is 0.238. The van der Waals surface area contributed by atoms with Crippen LogP contribution < -0.4 is 5.73 Å². The molecular weight excluding hydrogens is 349 g/mol. The molecule has 0 aliphatic heterocycles. The van der Waals surface area contributed by atoms with E-state index in [2.05, 4.69) is 27.7 Å². The van der Waals surface area contributed by atoms with Crippen molar-refractivity contribution in [1.29, 1.82) is 0 Å². The highest BCUT2D eigenvalue weighted by Crippen LogP contribution is 2.28. The van der Waals surface area contributed by atoms with E-state index in [4.69, 9.17) is 17.3 Å². The molecule has 0 aliphatic carbocycles. The van der Waals surface area contributed by atoms with Gasteiger partial charge in [-0.3, -0.25) is 4.68 Å². The van der Waals surface area contributed by atoms with Crippen LogP contribution in [0.5, 0.6) is 0 Å². The third kappa shape index (κ3) is 2.48. The second-order valence-electron chi connectivity index (χ2n) is 3.69. The third-order valence-electron chi connectivity index (χ3n) is 2.67. The van der Waals surface area contributed by atoms with Gasteiger partial charge in [0.05, 0.1) is 23.0 Å². The predicted molar refractivity (Wildman–Crippen MR) is 78.1 cm³/mol. The summed E-state index contributed by atoms with van der Waals surface area (Å²) in [7, 11) is 0. The van der Waals surface area contributed by atoms with Crippen molar-refractivity contribution < 1.29 is 0 Å². The first-order valence-corrected chi connectivity index (χ1v) is 6.82. The Morgan fingerprint density at radius 1 is 1.47 bits per heavy atom. The van der Waals surface area contributed by atoms with Crippen molar-refractivity contribution in [2.75, 3.05) is 0 Å². The molecule has 3 nitrogen and oxygen atoms in total. The number of aryl methyl sites for hydroxylation is 1. The van der Waals surface area contributed by atoms with Gasteiger partial charge in [0, 0.05) is 10.1 Å². The lowest BCUT2D eigenvalue weighted by molar-refractivity contribution is 0.600. The maximum absolute atomic E-state index is 6.29. The minimum Gasteiger partial charge on any atom is -0.319 e. The summed E-state index contributed by atoms with van der Waals surface area (Å²) in [5.41, 5.74) is 8.24. The number of hydrogen-bond acceptors (Lipinski definition) is 2. The highest BCUT2D eigenvalue weighted by Gasteiger charge is 2.19. The van der Waals surface area contributed by atoms with Gasteiger partial charge in [0.1, 0.15) is 0 Å². The van der Waals surface area contributed by atoms with Crippen LogP contribution in [0.4, 0.5) is 0 Å². The standard InChI is InChI=1S/C12H13ClIN3/c1-2-17-12(9(13)7-16-17)11(15)8-5-3-4-6-10(8)14/h3-7,11H,2,15H2,1H3. The summed E-state index contributed by atoms with van der Waals surface area (Å²) >= 11 is 8.44. The lowest BCUT2D eigenvalue weighted by Gasteiger charge is -2.16. The van der Waals surface area contributed by atoms with E-state index in [1.54, 1.807) is 6.20 Å².